The van der Waals surface area contributed by atoms with E-state index in [1.165, 1.54) is 5.56 Å². The number of hydrogen-bond donors (Lipinski definition) is 1. The van der Waals surface area contributed by atoms with Gasteiger partial charge >= 0.3 is 0 Å². The molecular formula is C17H29NO2. The number of para-hydroxylation sites is 1. The lowest BCUT2D eigenvalue weighted by atomic mass is 9.89. The lowest BCUT2D eigenvalue weighted by Gasteiger charge is -2.25. The van der Waals surface area contributed by atoms with Crippen LogP contribution in [-0.2, 0) is 11.3 Å². The normalized spacial score (nSPS) is 11.9. The Balaban J connectivity index is 2.49. The second-order valence-electron chi connectivity index (χ2n) is 6.28. The zero-order chi connectivity index (χ0) is 15.0. The van der Waals surface area contributed by atoms with Crippen LogP contribution in [-0.4, -0.2) is 26.4 Å². The van der Waals surface area contributed by atoms with Crippen LogP contribution in [0.1, 0.15) is 39.7 Å². The van der Waals surface area contributed by atoms with E-state index < -0.39 is 0 Å². The van der Waals surface area contributed by atoms with Crippen LogP contribution in [0.2, 0.25) is 0 Å². The van der Waals surface area contributed by atoms with Crippen LogP contribution >= 0.6 is 0 Å². The van der Waals surface area contributed by atoms with Crippen molar-refractivity contribution >= 4 is 0 Å². The van der Waals surface area contributed by atoms with Crippen molar-refractivity contribution in [1.29, 1.82) is 0 Å². The fraction of sp³-hybridized carbons (Fsp3) is 0.647. The first-order valence-corrected chi connectivity index (χ1v) is 7.39. The molecule has 1 rings (SSSR count). The molecule has 1 aromatic carbocycles. The molecule has 0 spiro atoms. The van der Waals surface area contributed by atoms with E-state index in [0.29, 0.717) is 0 Å². The molecule has 20 heavy (non-hydrogen) atoms. The fourth-order valence-corrected chi connectivity index (χ4v) is 2.02. The number of rotatable bonds is 9. The molecule has 1 N–H and O–H groups in total. The summed E-state index contributed by atoms with van der Waals surface area (Å²) < 4.78 is 11.0. The fourth-order valence-electron chi connectivity index (χ4n) is 2.02. The summed E-state index contributed by atoms with van der Waals surface area (Å²) in [5.74, 6) is 0.977. The Hall–Kier alpha value is -1.06. The van der Waals surface area contributed by atoms with Gasteiger partial charge in [0.05, 0.1) is 6.10 Å². The highest BCUT2D eigenvalue weighted by atomic mass is 16.5. The molecule has 0 bridgehead atoms. The first-order valence-electron chi connectivity index (χ1n) is 7.39. The van der Waals surface area contributed by atoms with E-state index >= 15 is 0 Å². The second-order valence-corrected chi connectivity index (χ2v) is 6.28. The minimum atomic E-state index is 0.203. The molecule has 0 aliphatic rings. The van der Waals surface area contributed by atoms with E-state index in [0.717, 1.165) is 31.9 Å². The molecular weight excluding hydrogens is 250 g/mol. The summed E-state index contributed by atoms with van der Waals surface area (Å²) in [7, 11) is 1.75. The minimum absolute atomic E-state index is 0.203. The van der Waals surface area contributed by atoms with E-state index in [1.54, 1.807) is 7.11 Å². The average molecular weight is 279 g/mol. The highest BCUT2D eigenvalue weighted by Gasteiger charge is 2.17. The lowest BCUT2D eigenvalue weighted by Crippen LogP contribution is -2.30. The first kappa shape index (κ1) is 17.0. The molecule has 114 valence electrons. The largest absolute Gasteiger partial charge is 0.491 e. The molecule has 0 aliphatic heterocycles. The van der Waals surface area contributed by atoms with Crippen LogP contribution in [0.5, 0.6) is 5.75 Å². The first-order chi connectivity index (χ1) is 9.44. The Labute approximate surface area is 123 Å². The van der Waals surface area contributed by atoms with Crippen LogP contribution in [0.4, 0.5) is 0 Å². The molecule has 0 amide bonds. The van der Waals surface area contributed by atoms with Gasteiger partial charge in [0.25, 0.3) is 0 Å². The number of methoxy groups -OCH3 is 1. The van der Waals surface area contributed by atoms with Gasteiger partial charge in [-0.05, 0) is 31.7 Å². The van der Waals surface area contributed by atoms with Crippen molar-refractivity contribution in [3.8, 4) is 5.75 Å². The molecule has 0 saturated heterocycles. The molecule has 1 aromatic rings. The molecule has 3 nitrogen and oxygen atoms in total. The predicted octanol–water partition coefficient (Wildman–Crippen LogP) is 3.63. The third-order valence-corrected chi connectivity index (χ3v) is 3.24. The van der Waals surface area contributed by atoms with Crippen LogP contribution in [0.25, 0.3) is 0 Å². The Kier molecular flexibility index (Phi) is 7.03. The third kappa shape index (κ3) is 6.40. The summed E-state index contributed by atoms with van der Waals surface area (Å²) in [6, 6.07) is 8.23. The molecule has 0 radical (unpaired) electrons. The van der Waals surface area contributed by atoms with Gasteiger partial charge in [0.2, 0.25) is 0 Å². The van der Waals surface area contributed by atoms with Gasteiger partial charge in [-0.25, -0.2) is 0 Å². The number of ether oxygens (including phenoxy) is 2. The summed E-state index contributed by atoms with van der Waals surface area (Å²) in [5, 5.41) is 3.53. The summed E-state index contributed by atoms with van der Waals surface area (Å²) in [4.78, 5) is 0. The maximum atomic E-state index is 5.83. The van der Waals surface area contributed by atoms with Gasteiger partial charge < -0.3 is 14.8 Å². The topological polar surface area (TPSA) is 30.5 Å². The van der Waals surface area contributed by atoms with Crippen molar-refractivity contribution in [3.63, 3.8) is 0 Å². The summed E-state index contributed by atoms with van der Waals surface area (Å²) >= 11 is 0. The van der Waals surface area contributed by atoms with Gasteiger partial charge in [0, 0.05) is 32.4 Å². The van der Waals surface area contributed by atoms with Crippen molar-refractivity contribution in [2.24, 2.45) is 5.41 Å². The van der Waals surface area contributed by atoms with Crippen LogP contribution in [0.3, 0.4) is 0 Å². The number of nitrogens with one attached hydrogen (secondary N) is 1. The zero-order valence-corrected chi connectivity index (χ0v) is 13.5. The smallest absolute Gasteiger partial charge is 0.124 e. The molecule has 0 saturated carbocycles. The zero-order valence-electron chi connectivity index (χ0n) is 13.5. The average Bonchev–Trinajstić information content (AvgIpc) is 2.38. The molecule has 0 atom stereocenters. The molecule has 0 unspecified atom stereocenters. The van der Waals surface area contributed by atoms with Crippen molar-refractivity contribution in [2.75, 3.05) is 20.3 Å². The van der Waals surface area contributed by atoms with Crippen LogP contribution in [0, 0.1) is 5.41 Å². The van der Waals surface area contributed by atoms with Gasteiger partial charge in [0.15, 0.2) is 0 Å². The van der Waals surface area contributed by atoms with Crippen LogP contribution < -0.4 is 10.1 Å². The standard InChI is InChI=1S/C17H29NO2/c1-14(2)20-16-9-7-6-8-15(16)12-18-13-17(3,4)10-11-19-5/h6-9,14,18H,10-13H2,1-5H3. The molecule has 0 heterocycles. The molecule has 0 aliphatic carbocycles. The maximum absolute atomic E-state index is 5.83. The lowest BCUT2D eigenvalue weighted by molar-refractivity contribution is 0.150. The van der Waals surface area contributed by atoms with Gasteiger partial charge in [-0.2, -0.15) is 0 Å². The van der Waals surface area contributed by atoms with Gasteiger partial charge in [-0.3, -0.25) is 0 Å². The van der Waals surface area contributed by atoms with E-state index in [-0.39, 0.29) is 11.5 Å². The monoisotopic (exact) mass is 279 g/mol. The molecule has 0 aromatic heterocycles. The van der Waals surface area contributed by atoms with Gasteiger partial charge in [-0.1, -0.05) is 32.0 Å². The Bertz CT molecular complexity index is 388. The summed E-state index contributed by atoms with van der Waals surface area (Å²) in [6.45, 7) is 11.2. The van der Waals surface area contributed by atoms with Gasteiger partial charge in [-0.15, -0.1) is 0 Å². The van der Waals surface area contributed by atoms with Crippen molar-refractivity contribution in [1.82, 2.24) is 5.32 Å². The SMILES string of the molecule is COCCC(C)(C)CNCc1ccccc1OC(C)C. The minimum Gasteiger partial charge on any atom is -0.491 e. The number of benzene rings is 1. The Morgan fingerprint density at radius 1 is 1.20 bits per heavy atom. The van der Waals surface area contributed by atoms with Crippen LogP contribution in [0.15, 0.2) is 24.3 Å². The van der Waals surface area contributed by atoms with E-state index in [2.05, 4.69) is 45.1 Å². The quantitative estimate of drug-likeness (QED) is 0.749. The highest BCUT2D eigenvalue weighted by molar-refractivity contribution is 5.33. The third-order valence-electron chi connectivity index (χ3n) is 3.24. The van der Waals surface area contributed by atoms with Crippen molar-refractivity contribution in [2.45, 2.75) is 46.8 Å². The maximum Gasteiger partial charge on any atom is 0.124 e. The van der Waals surface area contributed by atoms with Crippen molar-refractivity contribution < 1.29 is 9.47 Å². The van der Waals surface area contributed by atoms with E-state index in [4.69, 9.17) is 9.47 Å². The van der Waals surface area contributed by atoms with E-state index in [9.17, 15) is 0 Å². The molecule has 3 heteroatoms. The number of hydrogen-bond acceptors (Lipinski definition) is 3. The Morgan fingerprint density at radius 2 is 1.90 bits per heavy atom. The summed E-state index contributed by atoms with van der Waals surface area (Å²) in [5.41, 5.74) is 1.45. The van der Waals surface area contributed by atoms with E-state index in [1.807, 2.05) is 12.1 Å². The second kappa shape index (κ2) is 8.28. The van der Waals surface area contributed by atoms with Crippen molar-refractivity contribution in [3.05, 3.63) is 29.8 Å². The Morgan fingerprint density at radius 3 is 2.55 bits per heavy atom. The van der Waals surface area contributed by atoms with Gasteiger partial charge in [0.1, 0.15) is 5.75 Å². The highest BCUT2D eigenvalue weighted by Crippen LogP contribution is 2.21. The summed E-state index contributed by atoms with van der Waals surface area (Å²) in [6.07, 6.45) is 1.26. The predicted molar refractivity (Wildman–Crippen MR) is 84.2 cm³/mol. The molecule has 0 fully saturated rings.